The zero-order valence-corrected chi connectivity index (χ0v) is 11.0. The van der Waals surface area contributed by atoms with Gasteiger partial charge in [0.2, 0.25) is 0 Å². The van der Waals surface area contributed by atoms with E-state index in [1.807, 2.05) is 0 Å². The Hall–Kier alpha value is -2.44. The number of nitrogens with one attached hydrogen (secondary N) is 1. The van der Waals surface area contributed by atoms with Gasteiger partial charge in [-0.3, -0.25) is 0 Å². The molecule has 0 aliphatic carbocycles. The molecule has 0 atom stereocenters. The topological polar surface area (TPSA) is 62.5 Å². The molecule has 112 valence electrons. The third-order valence-electron chi connectivity index (χ3n) is 2.97. The molecule has 0 saturated carbocycles. The third kappa shape index (κ3) is 3.36. The molecule has 1 aromatic carbocycles. The van der Waals surface area contributed by atoms with Gasteiger partial charge in [-0.1, -0.05) is 6.07 Å². The van der Waals surface area contributed by atoms with E-state index in [0.717, 1.165) is 6.07 Å². The third-order valence-corrected chi connectivity index (χ3v) is 2.97. The summed E-state index contributed by atoms with van der Waals surface area (Å²) < 4.78 is 43.4. The fourth-order valence-corrected chi connectivity index (χ4v) is 1.89. The van der Waals surface area contributed by atoms with Crippen molar-refractivity contribution < 1.29 is 27.5 Å². The highest BCUT2D eigenvalue weighted by Crippen LogP contribution is 2.33. The van der Waals surface area contributed by atoms with E-state index in [-0.39, 0.29) is 29.1 Å². The Morgan fingerprint density at radius 1 is 1.33 bits per heavy atom. The van der Waals surface area contributed by atoms with Crippen LogP contribution in [0.1, 0.15) is 27.2 Å². The van der Waals surface area contributed by atoms with E-state index >= 15 is 0 Å². The summed E-state index contributed by atoms with van der Waals surface area (Å²) in [5.41, 5.74) is -0.394. The van der Waals surface area contributed by atoms with E-state index in [9.17, 15) is 18.0 Å². The van der Waals surface area contributed by atoms with E-state index in [1.165, 1.54) is 31.4 Å². The highest BCUT2D eigenvalue weighted by Gasteiger charge is 2.32. The van der Waals surface area contributed by atoms with Gasteiger partial charge in [-0.2, -0.15) is 13.2 Å². The quantitative estimate of drug-likeness (QED) is 0.898. The summed E-state index contributed by atoms with van der Waals surface area (Å²) in [6.07, 6.45) is -3.21. The summed E-state index contributed by atoms with van der Waals surface area (Å²) in [6.45, 7) is 1.36. The van der Waals surface area contributed by atoms with E-state index < -0.39 is 17.7 Å². The van der Waals surface area contributed by atoms with Gasteiger partial charge in [-0.05, 0) is 30.7 Å². The molecule has 0 spiro atoms. The molecule has 21 heavy (non-hydrogen) atoms. The molecule has 0 radical (unpaired) electrons. The van der Waals surface area contributed by atoms with Crippen LogP contribution in [0.15, 0.2) is 34.9 Å². The van der Waals surface area contributed by atoms with Gasteiger partial charge in [-0.15, -0.1) is 0 Å². The summed E-state index contributed by atoms with van der Waals surface area (Å²) in [6, 6.07) is 5.12. The van der Waals surface area contributed by atoms with Crippen LogP contribution in [0.2, 0.25) is 0 Å². The summed E-state index contributed by atoms with van der Waals surface area (Å²) >= 11 is 0. The van der Waals surface area contributed by atoms with Crippen molar-refractivity contribution in [3.63, 3.8) is 0 Å². The van der Waals surface area contributed by atoms with E-state index in [2.05, 4.69) is 5.32 Å². The lowest BCUT2D eigenvalue weighted by atomic mass is 10.1. The Morgan fingerprint density at radius 2 is 2.05 bits per heavy atom. The van der Waals surface area contributed by atoms with E-state index in [1.54, 1.807) is 0 Å². The van der Waals surface area contributed by atoms with Crippen LogP contribution in [-0.4, -0.2) is 11.1 Å². The monoisotopic (exact) mass is 299 g/mol. The summed E-state index contributed by atoms with van der Waals surface area (Å²) in [5, 5.41) is 11.6. The van der Waals surface area contributed by atoms with Crippen LogP contribution < -0.4 is 5.32 Å². The maximum atomic E-state index is 12.8. The largest absolute Gasteiger partial charge is 0.478 e. The van der Waals surface area contributed by atoms with Gasteiger partial charge in [0, 0.05) is 5.69 Å². The molecular weight excluding hydrogens is 287 g/mol. The molecule has 0 amide bonds. The van der Waals surface area contributed by atoms with Gasteiger partial charge < -0.3 is 14.8 Å². The molecule has 0 saturated heterocycles. The predicted octanol–water partition coefficient (Wildman–Crippen LogP) is 3.92. The number of hydrogen-bond donors (Lipinski definition) is 2. The zero-order valence-electron chi connectivity index (χ0n) is 11.0. The molecule has 0 bridgehead atoms. The molecule has 0 aliphatic rings. The number of carbonyl (C=O) groups is 1. The molecule has 1 heterocycles. The highest BCUT2D eigenvalue weighted by atomic mass is 19.4. The van der Waals surface area contributed by atoms with Crippen molar-refractivity contribution in [3.8, 4) is 0 Å². The Morgan fingerprint density at radius 3 is 2.67 bits per heavy atom. The van der Waals surface area contributed by atoms with Gasteiger partial charge in [-0.25, -0.2) is 4.79 Å². The Kier molecular flexibility index (Phi) is 3.93. The number of carboxylic acid groups (broad SMARTS) is 1. The van der Waals surface area contributed by atoms with Gasteiger partial charge in [0.1, 0.15) is 11.3 Å². The standard InChI is InChI=1S/C14H12F3NO3/c1-8-2-3-9(6-11(8)14(15,16)17)18-7-12-10(13(19)20)4-5-21-12/h2-6,18H,7H2,1H3,(H,19,20). The Bertz CT molecular complexity index is 662. The molecular formula is C14H12F3NO3. The lowest BCUT2D eigenvalue weighted by molar-refractivity contribution is -0.138. The second-order valence-electron chi connectivity index (χ2n) is 4.44. The van der Waals surface area contributed by atoms with Gasteiger partial charge in [0.05, 0.1) is 18.4 Å². The molecule has 2 aromatic rings. The molecule has 2 rings (SSSR count). The maximum Gasteiger partial charge on any atom is 0.416 e. The van der Waals surface area contributed by atoms with Crippen molar-refractivity contribution in [2.24, 2.45) is 0 Å². The van der Waals surface area contributed by atoms with Crippen molar-refractivity contribution >= 4 is 11.7 Å². The number of aryl methyl sites for hydroxylation is 1. The Labute approximate surface area is 118 Å². The van der Waals surface area contributed by atoms with Gasteiger partial charge in [0.15, 0.2) is 0 Å². The molecule has 0 aliphatic heterocycles. The smallest absolute Gasteiger partial charge is 0.416 e. The van der Waals surface area contributed by atoms with Crippen LogP contribution in [0.5, 0.6) is 0 Å². The average Bonchev–Trinajstić information content (AvgIpc) is 2.85. The molecule has 0 fully saturated rings. The fourth-order valence-electron chi connectivity index (χ4n) is 1.89. The van der Waals surface area contributed by atoms with Crippen LogP contribution in [0.25, 0.3) is 0 Å². The van der Waals surface area contributed by atoms with Crippen LogP contribution in [-0.2, 0) is 12.7 Å². The van der Waals surface area contributed by atoms with Crippen molar-refractivity contribution in [1.29, 1.82) is 0 Å². The first kappa shape index (κ1) is 15.0. The first-order valence-electron chi connectivity index (χ1n) is 6.00. The number of halogens is 3. The molecule has 4 nitrogen and oxygen atoms in total. The second kappa shape index (κ2) is 5.51. The predicted molar refractivity (Wildman–Crippen MR) is 69.2 cm³/mol. The molecule has 1 aromatic heterocycles. The maximum absolute atomic E-state index is 12.8. The van der Waals surface area contributed by atoms with E-state index in [0.29, 0.717) is 0 Å². The molecule has 0 unspecified atom stereocenters. The van der Waals surface area contributed by atoms with Crippen molar-refractivity contribution in [2.75, 3.05) is 5.32 Å². The number of hydrogen-bond acceptors (Lipinski definition) is 3. The van der Waals surface area contributed by atoms with Crippen LogP contribution in [0, 0.1) is 6.92 Å². The number of anilines is 1. The SMILES string of the molecule is Cc1ccc(NCc2occc2C(=O)O)cc1C(F)(F)F. The van der Waals surface area contributed by atoms with E-state index in [4.69, 9.17) is 9.52 Å². The number of benzene rings is 1. The molecule has 7 heteroatoms. The lowest BCUT2D eigenvalue weighted by Crippen LogP contribution is -2.09. The van der Waals surface area contributed by atoms with Crippen LogP contribution in [0.4, 0.5) is 18.9 Å². The first-order chi connectivity index (χ1) is 9.79. The second-order valence-corrected chi connectivity index (χ2v) is 4.44. The van der Waals surface area contributed by atoms with Crippen LogP contribution in [0.3, 0.4) is 0 Å². The fraction of sp³-hybridized carbons (Fsp3) is 0.214. The zero-order chi connectivity index (χ0) is 15.6. The Balaban J connectivity index is 2.17. The summed E-state index contributed by atoms with van der Waals surface area (Å²) in [4.78, 5) is 10.9. The van der Waals surface area contributed by atoms with Crippen LogP contribution >= 0.6 is 0 Å². The molecule has 2 N–H and O–H groups in total. The van der Waals surface area contributed by atoms with Crippen molar-refractivity contribution in [1.82, 2.24) is 0 Å². The van der Waals surface area contributed by atoms with Gasteiger partial charge >= 0.3 is 12.1 Å². The normalized spacial score (nSPS) is 11.4. The minimum Gasteiger partial charge on any atom is -0.478 e. The highest BCUT2D eigenvalue weighted by molar-refractivity contribution is 5.88. The average molecular weight is 299 g/mol. The minimum absolute atomic E-state index is 0.0189. The first-order valence-corrected chi connectivity index (χ1v) is 6.00. The van der Waals surface area contributed by atoms with Crippen molar-refractivity contribution in [3.05, 3.63) is 53.0 Å². The minimum atomic E-state index is -4.43. The van der Waals surface area contributed by atoms with Crippen molar-refractivity contribution in [2.45, 2.75) is 19.6 Å². The van der Waals surface area contributed by atoms with Gasteiger partial charge in [0.25, 0.3) is 0 Å². The number of alkyl halides is 3. The number of rotatable bonds is 4. The lowest BCUT2D eigenvalue weighted by Gasteiger charge is -2.13. The number of carboxylic acids is 1. The number of furan rings is 1. The number of aromatic carboxylic acids is 1. The summed E-state index contributed by atoms with van der Waals surface area (Å²) in [5.74, 6) is -1.00. The summed E-state index contributed by atoms with van der Waals surface area (Å²) in [7, 11) is 0.